The van der Waals surface area contributed by atoms with Gasteiger partial charge in [0.1, 0.15) is 12.1 Å². The molecule has 0 aliphatic carbocycles. The molecule has 2 atom stereocenters. The first-order valence-corrected chi connectivity index (χ1v) is 8.30. The van der Waals surface area contributed by atoms with Gasteiger partial charge < -0.3 is 20.9 Å². The van der Waals surface area contributed by atoms with Crippen molar-refractivity contribution in [3.63, 3.8) is 0 Å². The highest BCUT2D eigenvalue weighted by Crippen LogP contribution is 2.32. The summed E-state index contributed by atoms with van der Waals surface area (Å²) in [4.78, 5) is 13.5. The summed E-state index contributed by atoms with van der Waals surface area (Å²) in [6.07, 6.45) is 3.00. The van der Waals surface area contributed by atoms with Gasteiger partial charge in [-0.25, -0.2) is 15.0 Å². The van der Waals surface area contributed by atoms with E-state index in [1.54, 1.807) is 6.33 Å². The van der Waals surface area contributed by atoms with E-state index in [-0.39, 0.29) is 25.5 Å². The number of nitrogens with one attached hydrogen (secondary N) is 1. The van der Waals surface area contributed by atoms with E-state index in [0.717, 1.165) is 18.5 Å². The van der Waals surface area contributed by atoms with E-state index in [1.165, 1.54) is 0 Å². The lowest BCUT2D eigenvalue weighted by atomic mass is 10.2. The quantitative estimate of drug-likeness (QED) is 0.648. The van der Waals surface area contributed by atoms with Gasteiger partial charge in [-0.3, -0.25) is 4.57 Å². The first-order valence-electron chi connectivity index (χ1n) is 8.30. The largest absolute Gasteiger partial charge is 0.394 e. The fourth-order valence-corrected chi connectivity index (χ4v) is 3.03. The van der Waals surface area contributed by atoms with Crippen LogP contribution in [-0.4, -0.2) is 37.3 Å². The number of hydrogen-bond donors (Lipinski definition) is 3. The van der Waals surface area contributed by atoms with Crippen LogP contribution in [0.25, 0.3) is 11.2 Å². The van der Waals surface area contributed by atoms with Gasteiger partial charge in [-0.1, -0.05) is 18.2 Å². The van der Waals surface area contributed by atoms with Crippen LogP contribution in [-0.2, 0) is 11.3 Å². The fourth-order valence-electron chi connectivity index (χ4n) is 3.03. The van der Waals surface area contributed by atoms with E-state index in [1.807, 2.05) is 34.9 Å². The summed E-state index contributed by atoms with van der Waals surface area (Å²) in [6.45, 7) is 0.252. The molecule has 25 heavy (non-hydrogen) atoms. The zero-order chi connectivity index (χ0) is 17.2. The maximum atomic E-state index is 9.28. The molecule has 1 aliphatic heterocycles. The van der Waals surface area contributed by atoms with Gasteiger partial charge in [-0.15, -0.1) is 0 Å². The van der Waals surface area contributed by atoms with Crippen LogP contribution in [0.1, 0.15) is 24.9 Å². The van der Waals surface area contributed by atoms with Crippen molar-refractivity contribution in [2.45, 2.75) is 31.7 Å². The molecule has 1 fully saturated rings. The standard InChI is InChI=1S/C17H20N6O2/c18-8-13-21-16(20-11-4-2-1-3-5-11)15-17(22-13)23(10-19-15)14-7-6-12(9-24)25-14/h1-5,10,12,14,24H,6-9,18H2,(H,20,21,22)/t12-,14-/m1/s1. The number of nitrogens with zero attached hydrogens (tertiary/aromatic N) is 4. The van der Waals surface area contributed by atoms with E-state index in [4.69, 9.17) is 10.5 Å². The monoisotopic (exact) mass is 340 g/mol. The molecule has 0 saturated carbocycles. The summed E-state index contributed by atoms with van der Waals surface area (Å²) in [6, 6.07) is 9.77. The number of hydrogen-bond acceptors (Lipinski definition) is 7. The number of nitrogens with two attached hydrogens (primary N) is 1. The van der Waals surface area contributed by atoms with Gasteiger partial charge in [0.2, 0.25) is 0 Å². The SMILES string of the molecule is NCc1nc(Nc2ccccc2)c2ncn([C@H]3CC[C@H](CO)O3)c2n1. The maximum Gasteiger partial charge on any atom is 0.167 e. The van der Waals surface area contributed by atoms with Crippen molar-refractivity contribution in [3.05, 3.63) is 42.5 Å². The summed E-state index contributed by atoms with van der Waals surface area (Å²) < 4.78 is 7.75. The van der Waals surface area contributed by atoms with Crippen LogP contribution in [0, 0.1) is 0 Å². The lowest BCUT2D eigenvalue weighted by Gasteiger charge is -2.14. The zero-order valence-corrected chi connectivity index (χ0v) is 13.7. The normalized spacial score (nSPS) is 20.2. The fraction of sp³-hybridized carbons (Fsp3) is 0.353. The minimum atomic E-state index is -0.188. The molecule has 3 heterocycles. The summed E-state index contributed by atoms with van der Waals surface area (Å²) >= 11 is 0. The molecule has 8 heteroatoms. The predicted octanol–water partition coefficient (Wildman–Crippen LogP) is 1.70. The Balaban J connectivity index is 1.74. The Morgan fingerprint density at radius 1 is 1.24 bits per heavy atom. The van der Waals surface area contributed by atoms with Crippen molar-refractivity contribution in [2.24, 2.45) is 5.73 Å². The van der Waals surface area contributed by atoms with Gasteiger partial charge in [0.15, 0.2) is 17.0 Å². The summed E-state index contributed by atoms with van der Waals surface area (Å²) in [5, 5.41) is 12.6. The molecular weight excluding hydrogens is 320 g/mol. The predicted molar refractivity (Wildman–Crippen MR) is 93.2 cm³/mol. The van der Waals surface area contributed by atoms with Crippen molar-refractivity contribution < 1.29 is 9.84 Å². The van der Waals surface area contributed by atoms with Gasteiger partial charge in [0.05, 0.1) is 25.6 Å². The molecule has 0 bridgehead atoms. The smallest absolute Gasteiger partial charge is 0.167 e. The first-order chi connectivity index (χ1) is 12.3. The number of benzene rings is 1. The van der Waals surface area contributed by atoms with Gasteiger partial charge in [0.25, 0.3) is 0 Å². The van der Waals surface area contributed by atoms with E-state index in [9.17, 15) is 5.11 Å². The molecular formula is C17H20N6O2. The van der Waals surface area contributed by atoms with Crippen LogP contribution in [0.3, 0.4) is 0 Å². The van der Waals surface area contributed by atoms with Crippen molar-refractivity contribution in [1.82, 2.24) is 19.5 Å². The molecule has 0 spiro atoms. The summed E-state index contributed by atoms with van der Waals surface area (Å²) in [5.74, 6) is 1.15. The molecule has 1 aliphatic rings. The first kappa shape index (κ1) is 15.9. The van der Waals surface area contributed by atoms with Gasteiger partial charge in [-0.2, -0.15) is 0 Å². The molecule has 0 unspecified atom stereocenters. The second-order valence-corrected chi connectivity index (χ2v) is 5.98. The average Bonchev–Trinajstić information content (AvgIpc) is 3.28. The summed E-state index contributed by atoms with van der Waals surface area (Å²) in [5.41, 5.74) is 8.03. The van der Waals surface area contributed by atoms with Gasteiger partial charge in [-0.05, 0) is 25.0 Å². The Labute approximate surface area is 144 Å². The Morgan fingerprint density at radius 2 is 2.08 bits per heavy atom. The molecule has 2 aromatic heterocycles. The number of anilines is 2. The van der Waals surface area contributed by atoms with Crippen LogP contribution in [0.5, 0.6) is 0 Å². The third-order valence-corrected chi connectivity index (χ3v) is 4.29. The molecule has 8 nitrogen and oxygen atoms in total. The van der Waals surface area contributed by atoms with E-state index >= 15 is 0 Å². The molecule has 0 radical (unpaired) electrons. The van der Waals surface area contributed by atoms with Crippen molar-refractivity contribution in [3.8, 4) is 0 Å². The highest BCUT2D eigenvalue weighted by Gasteiger charge is 2.28. The number of fused-ring (bicyclic) bond motifs is 1. The second kappa shape index (κ2) is 6.75. The lowest BCUT2D eigenvalue weighted by Crippen LogP contribution is -2.15. The van der Waals surface area contributed by atoms with Crippen LogP contribution in [0.4, 0.5) is 11.5 Å². The van der Waals surface area contributed by atoms with Crippen molar-refractivity contribution in [1.29, 1.82) is 0 Å². The molecule has 1 saturated heterocycles. The van der Waals surface area contributed by atoms with Gasteiger partial charge in [0, 0.05) is 5.69 Å². The topological polar surface area (TPSA) is 111 Å². The minimum Gasteiger partial charge on any atom is -0.394 e. The lowest BCUT2D eigenvalue weighted by molar-refractivity contribution is -0.0207. The third-order valence-electron chi connectivity index (χ3n) is 4.29. The molecule has 4 rings (SSSR count). The number of aliphatic hydroxyl groups excluding tert-OH is 1. The number of rotatable bonds is 5. The minimum absolute atomic E-state index is 0.0208. The number of aliphatic hydroxyl groups is 1. The van der Waals surface area contributed by atoms with E-state index in [0.29, 0.717) is 22.8 Å². The third kappa shape index (κ3) is 3.07. The number of ether oxygens (including phenoxy) is 1. The molecule has 3 aromatic rings. The highest BCUT2D eigenvalue weighted by atomic mass is 16.5. The molecule has 0 amide bonds. The van der Waals surface area contributed by atoms with E-state index < -0.39 is 0 Å². The Kier molecular flexibility index (Phi) is 4.31. The number of para-hydroxylation sites is 1. The maximum absolute atomic E-state index is 9.28. The van der Waals surface area contributed by atoms with E-state index in [2.05, 4.69) is 20.3 Å². The Bertz CT molecular complexity index is 866. The van der Waals surface area contributed by atoms with Crippen LogP contribution in [0.15, 0.2) is 36.7 Å². The molecule has 130 valence electrons. The summed E-state index contributed by atoms with van der Waals surface area (Å²) in [7, 11) is 0. The Morgan fingerprint density at radius 3 is 2.80 bits per heavy atom. The number of aromatic nitrogens is 4. The average molecular weight is 340 g/mol. The highest BCUT2D eigenvalue weighted by molar-refractivity contribution is 5.85. The number of imidazole rings is 1. The van der Waals surface area contributed by atoms with Crippen molar-refractivity contribution >= 4 is 22.7 Å². The molecule has 4 N–H and O–H groups in total. The van der Waals surface area contributed by atoms with Crippen LogP contribution in [0.2, 0.25) is 0 Å². The van der Waals surface area contributed by atoms with Crippen molar-refractivity contribution in [2.75, 3.05) is 11.9 Å². The molecule has 1 aromatic carbocycles. The van der Waals surface area contributed by atoms with Gasteiger partial charge >= 0.3 is 0 Å². The Hall–Kier alpha value is -2.55. The zero-order valence-electron chi connectivity index (χ0n) is 13.7. The van der Waals surface area contributed by atoms with Crippen LogP contribution >= 0.6 is 0 Å². The van der Waals surface area contributed by atoms with Crippen LogP contribution < -0.4 is 11.1 Å². The second-order valence-electron chi connectivity index (χ2n) is 5.98.